The summed E-state index contributed by atoms with van der Waals surface area (Å²) in [5.74, 6) is 0.108. The molecule has 0 spiro atoms. The zero-order valence-electron chi connectivity index (χ0n) is 10.8. The molecule has 0 aliphatic rings. The van der Waals surface area contributed by atoms with Gasteiger partial charge in [0.2, 0.25) is 5.91 Å². The molecule has 0 saturated carbocycles. The molecular formula is C12H26N2O2. The molecule has 1 amide bonds. The number of nitrogens with two attached hydrogens (primary N) is 1. The van der Waals surface area contributed by atoms with Crippen LogP contribution in [0.15, 0.2) is 0 Å². The molecule has 0 fully saturated rings. The summed E-state index contributed by atoms with van der Waals surface area (Å²) in [4.78, 5) is 11.6. The van der Waals surface area contributed by atoms with E-state index in [0.29, 0.717) is 13.0 Å². The summed E-state index contributed by atoms with van der Waals surface area (Å²) in [7, 11) is 1.66. The highest BCUT2D eigenvalue weighted by atomic mass is 16.5. The van der Waals surface area contributed by atoms with E-state index in [9.17, 15) is 4.79 Å². The first-order valence-corrected chi connectivity index (χ1v) is 6.14. The zero-order valence-corrected chi connectivity index (χ0v) is 10.8. The van der Waals surface area contributed by atoms with Crippen molar-refractivity contribution in [2.75, 3.05) is 13.7 Å². The molecule has 0 aromatic rings. The van der Waals surface area contributed by atoms with Gasteiger partial charge in [0.1, 0.15) is 0 Å². The lowest BCUT2D eigenvalue weighted by Gasteiger charge is -2.17. The van der Waals surface area contributed by atoms with Gasteiger partial charge in [-0.05, 0) is 26.2 Å². The minimum Gasteiger partial charge on any atom is -0.383 e. The third-order valence-corrected chi connectivity index (χ3v) is 2.43. The van der Waals surface area contributed by atoms with Gasteiger partial charge < -0.3 is 15.8 Å². The van der Waals surface area contributed by atoms with Crippen molar-refractivity contribution in [3.63, 3.8) is 0 Å². The first kappa shape index (κ1) is 15.4. The molecule has 0 radical (unpaired) electrons. The van der Waals surface area contributed by atoms with Gasteiger partial charge in [0.05, 0.1) is 12.6 Å². The first-order chi connectivity index (χ1) is 7.60. The van der Waals surface area contributed by atoms with Crippen molar-refractivity contribution in [1.82, 2.24) is 5.32 Å². The van der Waals surface area contributed by atoms with Gasteiger partial charge in [-0.25, -0.2) is 0 Å². The molecule has 0 heterocycles. The van der Waals surface area contributed by atoms with Crippen LogP contribution in [-0.2, 0) is 9.53 Å². The van der Waals surface area contributed by atoms with Crippen molar-refractivity contribution >= 4 is 5.91 Å². The van der Waals surface area contributed by atoms with Gasteiger partial charge in [-0.2, -0.15) is 0 Å². The van der Waals surface area contributed by atoms with Crippen molar-refractivity contribution in [2.45, 2.75) is 58.0 Å². The minimum atomic E-state index is 0.108. The van der Waals surface area contributed by atoms with Gasteiger partial charge in [0.25, 0.3) is 0 Å². The van der Waals surface area contributed by atoms with Gasteiger partial charge in [-0.1, -0.05) is 13.3 Å². The molecule has 0 aliphatic carbocycles. The van der Waals surface area contributed by atoms with Crippen LogP contribution in [0.3, 0.4) is 0 Å². The Bertz CT molecular complexity index is 178. The van der Waals surface area contributed by atoms with Crippen LogP contribution in [0.25, 0.3) is 0 Å². The lowest BCUT2D eigenvalue weighted by molar-refractivity contribution is -0.122. The molecule has 4 nitrogen and oxygen atoms in total. The van der Waals surface area contributed by atoms with Crippen molar-refractivity contribution in [3.05, 3.63) is 0 Å². The highest BCUT2D eigenvalue weighted by Gasteiger charge is 2.10. The molecule has 0 rings (SSSR count). The summed E-state index contributed by atoms with van der Waals surface area (Å²) >= 11 is 0. The van der Waals surface area contributed by atoms with Gasteiger partial charge in [-0.15, -0.1) is 0 Å². The van der Waals surface area contributed by atoms with Crippen LogP contribution in [0.4, 0.5) is 0 Å². The van der Waals surface area contributed by atoms with Gasteiger partial charge in [0.15, 0.2) is 0 Å². The Labute approximate surface area is 98.9 Å². The van der Waals surface area contributed by atoms with E-state index in [2.05, 4.69) is 12.2 Å². The highest BCUT2D eigenvalue weighted by molar-refractivity contribution is 5.76. The molecular weight excluding hydrogens is 204 g/mol. The number of hydrogen-bond donors (Lipinski definition) is 2. The zero-order chi connectivity index (χ0) is 12.4. The monoisotopic (exact) mass is 230 g/mol. The molecule has 4 heteroatoms. The Kier molecular flexibility index (Phi) is 9.24. The fraction of sp³-hybridized carbons (Fsp3) is 0.917. The fourth-order valence-corrected chi connectivity index (χ4v) is 1.63. The topological polar surface area (TPSA) is 64.3 Å². The molecule has 0 saturated heterocycles. The average Bonchev–Trinajstić information content (AvgIpc) is 2.17. The molecule has 2 atom stereocenters. The maximum atomic E-state index is 11.6. The van der Waals surface area contributed by atoms with Gasteiger partial charge >= 0.3 is 0 Å². The Morgan fingerprint density at radius 1 is 1.44 bits per heavy atom. The SMILES string of the molecule is CCCC(COC)NC(=O)CCCC(C)N. The van der Waals surface area contributed by atoms with Crippen molar-refractivity contribution in [1.29, 1.82) is 0 Å². The first-order valence-electron chi connectivity index (χ1n) is 6.14. The Morgan fingerprint density at radius 3 is 2.62 bits per heavy atom. The lowest BCUT2D eigenvalue weighted by Crippen LogP contribution is -2.37. The Balaban J connectivity index is 3.72. The molecule has 16 heavy (non-hydrogen) atoms. The molecule has 96 valence electrons. The van der Waals surface area contributed by atoms with E-state index < -0.39 is 0 Å². The Hall–Kier alpha value is -0.610. The van der Waals surface area contributed by atoms with Crippen LogP contribution >= 0.6 is 0 Å². The molecule has 0 aliphatic heterocycles. The third-order valence-electron chi connectivity index (χ3n) is 2.43. The number of carbonyl (C=O) groups excluding carboxylic acids is 1. The van der Waals surface area contributed by atoms with E-state index in [1.165, 1.54) is 0 Å². The van der Waals surface area contributed by atoms with E-state index in [0.717, 1.165) is 25.7 Å². The summed E-state index contributed by atoms with van der Waals surface area (Å²) in [6.07, 6.45) is 4.33. The van der Waals surface area contributed by atoms with E-state index in [-0.39, 0.29) is 18.0 Å². The highest BCUT2D eigenvalue weighted by Crippen LogP contribution is 2.01. The summed E-state index contributed by atoms with van der Waals surface area (Å²) in [6.45, 7) is 4.65. The fourth-order valence-electron chi connectivity index (χ4n) is 1.63. The minimum absolute atomic E-state index is 0.108. The molecule has 3 N–H and O–H groups in total. The molecule has 0 aromatic carbocycles. The lowest BCUT2D eigenvalue weighted by atomic mass is 10.1. The molecule has 2 unspecified atom stereocenters. The van der Waals surface area contributed by atoms with Crippen LogP contribution in [-0.4, -0.2) is 31.7 Å². The maximum Gasteiger partial charge on any atom is 0.220 e. The van der Waals surface area contributed by atoms with E-state index in [4.69, 9.17) is 10.5 Å². The number of hydrogen-bond acceptors (Lipinski definition) is 3. The third kappa shape index (κ3) is 8.68. The van der Waals surface area contributed by atoms with Crippen LogP contribution < -0.4 is 11.1 Å². The van der Waals surface area contributed by atoms with Crippen molar-refractivity contribution in [3.8, 4) is 0 Å². The second-order valence-electron chi connectivity index (χ2n) is 4.38. The van der Waals surface area contributed by atoms with E-state index >= 15 is 0 Å². The largest absolute Gasteiger partial charge is 0.383 e. The number of rotatable bonds is 9. The van der Waals surface area contributed by atoms with E-state index in [1.54, 1.807) is 7.11 Å². The summed E-state index contributed by atoms with van der Waals surface area (Å²) in [5, 5.41) is 2.99. The average molecular weight is 230 g/mol. The van der Waals surface area contributed by atoms with Gasteiger partial charge in [-0.3, -0.25) is 4.79 Å². The maximum absolute atomic E-state index is 11.6. The predicted octanol–water partition coefficient (Wildman–Crippen LogP) is 1.44. The Morgan fingerprint density at radius 2 is 2.12 bits per heavy atom. The normalized spacial score (nSPS) is 14.5. The summed E-state index contributed by atoms with van der Waals surface area (Å²) in [6, 6.07) is 0.330. The van der Waals surface area contributed by atoms with Gasteiger partial charge in [0, 0.05) is 19.6 Å². The number of ether oxygens (including phenoxy) is 1. The molecule has 0 bridgehead atoms. The van der Waals surface area contributed by atoms with Crippen molar-refractivity contribution in [2.24, 2.45) is 5.73 Å². The number of amides is 1. The van der Waals surface area contributed by atoms with Crippen LogP contribution in [0.1, 0.15) is 46.0 Å². The molecule has 0 aromatic heterocycles. The predicted molar refractivity (Wildman–Crippen MR) is 66.2 cm³/mol. The second kappa shape index (κ2) is 9.60. The second-order valence-corrected chi connectivity index (χ2v) is 4.38. The quantitative estimate of drug-likeness (QED) is 0.630. The summed E-state index contributed by atoms with van der Waals surface area (Å²) in [5.41, 5.74) is 5.62. The number of methoxy groups -OCH3 is 1. The van der Waals surface area contributed by atoms with Crippen LogP contribution in [0.5, 0.6) is 0 Å². The van der Waals surface area contributed by atoms with E-state index in [1.807, 2.05) is 6.92 Å². The van der Waals surface area contributed by atoms with Crippen molar-refractivity contribution < 1.29 is 9.53 Å². The smallest absolute Gasteiger partial charge is 0.220 e. The summed E-state index contributed by atoms with van der Waals surface area (Å²) < 4.78 is 5.07. The number of nitrogens with one attached hydrogen (secondary N) is 1. The van der Waals surface area contributed by atoms with Crippen LogP contribution in [0, 0.1) is 0 Å². The van der Waals surface area contributed by atoms with Crippen LogP contribution in [0.2, 0.25) is 0 Å². The number of carbonyl (C=O) groups is 1. The standard InChI is InChI=1S/C12H26N2O2/c1-4-6-11(9-16-3)14-12(15)8-5-7-10(2)13/h10-11H,4-9,13H2,1-3H3,(H,14,15).